The van der Waals surface area contributed by atoms with Crippen LogP contribution in [0, 0.1) is 5.82 Å². The molecule has 0 radical (unpaired) electrons. The molecule has 1 atom stereocenters. The Labute approximate surface area is 120 Å². The van der Waals surface area contributed by atoms with Gasteiger partial charge in [-0.2, -0.15) is 0 Å². The smallest absolute Gasteiger partial charge is 0.129 e. The van der Waals surface area contributed by atoms with Crippen molar-refractivity contribution in [3.63, 3.8) is 0 Å². The van der Waals surface area contributed by atoms with Gasteiger partial charge in [0, 0.05) is 16.5 Å². The summed E-state index contributed by atoms with van der Waals surface area (Å²) in [7, 11) is 0. The van der Waals surface area contributed by atoms with Crippen molar-refractivity contribution in [2.24, 2.45) is 0 Å². The number of para-hydroxylation sites is 1. The molecule has 1 N–H and O–H groups in total. The first-order valence-electron chi connectivity index (χ1n) is 5.97. The molecule has 2 rings (SSSR count). The van der Waals surface area contributed by atoms with Crippen LogP contribution in [0.15, 0.2) is 53.0 Å². The summed E-state index contributed by atoms with van der Waals surface area (Å²) >= 11 is 3.26. The summed E-state index contributed by atoms with van der Waals surface area (Å²) in [5, 5.41) is 9.96. The monoisotopic (exact) mass is 324 g/mol. The van der Waals surface area contributed by atoms with Crippen molar-refractivity contribution in [3.8, 4) is 5.75 Å². The lowest BCUT2D eigenvalue weighted by molar-refractivity contribution is 0.137. The van der Waals surface area contributed by atoms with Crippen LogP contribution < -0.4 is 4.74 Å². The maximum absolute atomic E-state index is 13.5. The molecule has 0 fully saturated rings. The van der Waals surface area contributed by atoms with E-state index >= 15 is 0 Å². The predicted octanol–water partition coefficient (Wildman–Crippen LogP) is 4.09. The lowest BCUT2D eigenvalue weighted by Crippen LogP contribution is -2.07. The third-order valence-corrected chi connectivity index (χ3v) is 3.21. The minimum atomic E-state index is -0.874. The Morgan fingerprint density at radius 2 is 1.89 bits per heavy atom. The highest BCUT2D eigenvalue weighted by Crippen LogP contribution is 2.24. The Morgan fingerprint density at radius 1 is 1.16 bits per heavy atom. The fraction of sp³-hybridized carbons (Fsp3) is 0.200. The molecule has 0 aliphatic rings. The zero-order valence-corrected chi connectivity index (χ0v) is 11.8. The van der Waals surface area contributed by atoms with Crippen LogP contribution in [0.4, 0.5) is 4.39 Å². The first-order chi connectivity index (χ1) is 9.16. The van der Waals surface area contributed by atoms with Gasteiger partial charge in [0.2, 0.25) is 0 Å². The van der Waals surface area contributed by atoms with Crippen molar-refractivity contribution in [1.82, 2.24) is 0 Å². The Hall–Kier alpha value is -1.39. The summed E-state index contributed by atoms with van der Waals surface area (Å²) in [5.74, 6) is 0.333. The highest BCUT2D eigenvalue weighted by molar-refractivity contribution is 9.10. The molecule has 0 saturated carbocycles. The highest BCUT2D eigenvalue weighted by Gasteiger charge is 2.13. The van der Waals surface area contributed by atoms with E-state index in [1.165, 1.54) is 6.07 Å². The van der Waals surface area contributed by atoms with Crippen LogP contribution in [0.2, 0.25) is 0 Å². The molecule has 4 heteroatoms. The minimum absolute atomic E-state index is 0.283. The zero-order chi connectivity index (χ0) is 13.7. The van der Waals surface area contributed by atoms with Crippen molar-refractivity contribution in [1.29, 1.82) is 0 Å². The average molecular weight is 325 g/mol. The van der Waals surface area contributed by atoms with Crippen LogP contribution in [-0.2, 0) is 0 Å². The quantitative estimate of drug-likeness (QED) is 0.897. The van der Waals surface area contributed by atoms with E-state index < -0.39 is 11.9 Å². The van der Waals surface area contributed by atoms with Gasteiger partial charge in [-0.15, -0.1) is 0 Å². The van der Waals surface area contributed by atoms with Crippen molar-refractivity contribution >= 4 is 15.9 Å². The Kier molecular flexibility index (Phi) is 4.93. The molecule has 0 aliphatic carbocycles. The third kappa shape index (κ3) is 4.04. The number of ether oxygens (including phenoxy) is 1. The van der Waals surface area contributed by atoms with Crippen LogP contribution >= 0.6 is 15.9 Å². The largest absolute Gasteiger partial charge is 0.493 e. The first kappa shape index (κ1) is 14.0. The molecule has 2 aromatic rings. The van der Waals surface area contributed by atoms with Crippen molar-refractivity contribution < 1.29 is 14.2 Å². The summed E-state index contributed by atoms with van der Waals surface area (Å²) in [4.78, 5) is 0. The van der Waals surface area contributed by atoms with Crippen molar-refractivity contribution in [3.05, 3.63) is 64.4 Å². The van der Waals surface area contributed by atoms with Crippen LogP contribution in [-0.4, -0.2) is 11.7 Å². The summed E-state index contributed by atoms with van der Waals surface area (Å²) in [6, 6.07) is 13.9. The Balaban J connectivity index is 1.91. The normalized spacial score (nSPS) is 12.2. The van der Waals surface area contributed by atoms with Gasteiger partial charge in [-0.25, -0.2) is 4.39 Å². The topological polar surface area (TPSA) is 29.5 Å². The number of rotatable bonds is 5. The van der Waals surface area contributed by atoms with E-state index in [9.17, 15) is 9.50 Å². The van der Waals surface area contributed by atoms with Crippen LogP contribution in [0.25, 0.3) is 0 Å². The molecule has 0 aromatic heterocycles. The molecule has 0 saturated heterocycles. The van der Waals surface area contributed by atoms with Gasteiger partial charge in [0.25, 0.3) is 0 Å². The Bertz CT molecular complexity index is 531. The van der Waals surface area contributed by atoms with Gasteiger partial charge in [0.05, 0.1) is 12.7 Å². The van der Waals surface area contributed by atoms with Gasteiger partial charge in [0.1, 0.15) is 11.6 Å². The minimum Gasteiger partial charge on any atom is -0.493 e. The van der Waals surface area contributed by atoms with Gasteiger partial charge in [0.15, 0.2) is 0 Å². The molecule has 0 amide bonds. The summed E-state index contributed by atoms with van der Waals surface area (Å²) in [6.07, 6.45) is -0.538. The van der Waals surface area contributed by atoms with Gasteiger partial charge in [-0.1, -0.05) is 34.1 Å². The second-order valence-electron chi connectivity index (χ2n) is 4.13. The molecule has 2 aromatic carbocycles. The van der Waals surface area contributed by atoms with Gasteiger partial charge < -0.3 is 9.84 Å². The Morgan fingerprint density at radius 3 is 2.63 bits per heavy atom. The fourth-order valence-electron chi connectivity index (χ4n) is 1.73. The number of hydrogen-bond acceptors (Lipinski definition) is 2. The first-order valence-corrected chi connectivity index (χ1v) is 6.77. The van der Waals surface area contributed by atoms with Crippen molar-refractivity contribution in [2.45, 2.75) is 12.5 Å². The van der Waals surface area contributed by atoms with E-state index in [1.807, 2.05) is 30.3 Å². The maximum atomic E-state index is 13.5. The number of aliphatic hydroxyl groups is 1. The molecule has 0 bridgehead atoms. The third-order valence-electron chi connectivity index (χ3n) is 2.72. The number of aliphatic hydroxyl groups excluding tert-OH is 1. The summed E-state index contributed by atoms with van der Waals surface area (Å²) in [6.45, 7) is 0.330. The number of halogens is 2. The van der Waals surface area contributed by atoms with E-state index in [2.05, 4.69) is 15.9 Å². The van der Waals surface area contributed by atoms with E-state index in [-0.39, 0.29) is 5.56 Å². The number of benzene rings is 2. The zero-order valence-electron chi connectivity index (χ0n) is 10.2. The highest BCUT2D eigenvalue weighted by atomic mass is 79.9. The summed E-state index contributed by atoms with van der Waals surface area (Å²) < 4.78 is 19.8. The average Bonchev–Trinajstić information content (AvgIpc) is 2.42. The molecule has 19 heavy (non-hydrogen) atoms. The van der Waals surface area contributed by atoms with Gasteiger partial charge in [-0.05, 0) is 30.3 Å². The van der Waals surface area contributed by atoms with Crippen LogP contribution in [0.5, 0.6) is 5.75 Å². The second kappa shape index (κ2) is 6.68. The second-order valence-corrected chi connectivity index (χ2v) is 5.05. The standard InChI is InChI=1S/C15H14BrFO2/c16-11-6-7-14(17)13(10-11)15(18)8-9-19-12-4-2-1-3-5-12/h1-7,10,15,18H,8-9H2. The molecule has 100 valence electrons. The molecule has 0 spiro atoms. The van der Waals surface area contributed by atoms with Crippen LogP contribution in [0.1, 0.15) is 18.1 Å². The predicted molar refractivity (Wildman–Crippen MR) is 75.6 cm³/mol. The number of hydrogen-bond donors (Lipinski definition) is 1. The van der Waals surface area contributed by atoms with Gasteiger partial charge in [-0.3, -0.25) is 0 Å². The molecule has 0 aliphatic heterocycles. The molecular formula is C15H14BrFO2. The van der Waals surface area contributed by atoms with E-state index in [1.54, 1.807) is 12.1 Å². The maximum Gasteiger partial charge on any atom is 0.129 e. The molecular weight excluding hydrogens is 311 g/mol. The molecule has 0 heterocycles. The van der Waals surface area contributed by atoms with E-state index in [0.717, 1.165) is 10.2 Å². The molecule has 1 unspecified atom stereocenters. The van der Waals surface area contributed by atoms with Crippen LogP contribution in [0.3, 0.4) is 0 Å². The lowest BCUT2D eigenvalue weighted by atomic mass is 10.1. The fourth-order valence-corrected chi connectivity index (χ4v) is 2.11. The summed E-state index contributed by atoms with van der Waals surface area (Å²) in [5.41, 5.74) is 0.283. The molecule has 2 nitrogen and oxygen atoms in total. The van der Waals surface area contributed by atoms with E-state index in [0.29, 0.717) is 13.0 Å². The van der Waals surface area contributed by atoms with Gasteiger partial charge >= 0.3 is 0 Å². The SMILES string of the molecule is OC(CCOc1ccccc1)c1cc(Br)ccc1F. The van der Waals surface area contributed by atoms with E-state index in [4.69, 9.17) is 4.74 Å². The van der Waals surface area contributed by atoms with Crippen molar-refractivity contribution in [2.75, 3.05) is 6.61 Å². The lowest BCUT2D eigenvalue weighted by Gasteiger charge is -2.13.